The van der Waals surface area contributed by atoms with Crippen LogP contribution in [0.1, 0.15) is 258 Å². The third kappa shape index (κ3) is 29.6. The Bertz CT molecular complexity index is 604. The molecule has 0 saturated heterocycles. The van der Waals surface area contributed by atoms with Crippen LogP contribution in [-0.2, 0) is 9.59 Å². The molecule has 0 fully saturated rings. The summed E-state index contributed by atoms with van der Waals surface area (Å²) in [4.78, 5) is 24.2. The molecule has 0 spiro atoms. The molecular weight excluding hydrogens is 580 g/mol. The van der Waals surface area contributed by atoms with Gasteiger partial charge < -0.3 is 10.2 Å². The van der Waals surface area contributed by atoms with Crippen molar-refractivity contribution < 1.29 is 19.8 Å². The van der Waals surface area contributed by atoms with Crippen molar-refractivity contribution in [2.24, 2.45) is 5.41 Å². The monoisotopic (exact) mass is 665 g/mol. The molecule has 4 heteroatoms. The third-order valence-electron chi connectivity index (χ3n) is 10.7. The highest BCUT2D eigenvalue weighted by molar-refractivity contribution is 5.98. The number of carboxylic acids is 2. The zero-order chi connectivity index (χ0) is 34.5. The molecule has 0 saturated carbocycles. The molecule has 0 bridgehead atoms. The van der Waals surface area contributed by atoms with E-state index in [9.17, 15) is 19.8 Å². The largest absolute Gasteiger partial charge is 0.480 e. The van der Waals surface area contributed by atoms with Crippen molar-refractivity contribution in [3.63, 3.8) is 0 Å². The van der Waals surface area contributed by atoms with Crippen LogP contribution < -0.4 is 0 Å². The SMILES string of the molecule is CCCCCCCCCCCCCCCCCCCCC(CCCCCCCCCCCCCCCCCCCC)(C(=O)O)C(=O)O. The van der Waals surface area contributed by atoms with Gasteiger partial charge in [-0.15, -0.1) is 0 Å². The van der Waals surface area contributed by atoms with Gasteiger partial charge in [0.1, 0.15) is 0 Å². The van der Waals surface area contributed by atoms with Gasteiger partial charge in [-0.05, 0) is 12.8 Å². The zero-order valence-electron chi connectivity index (χ0n) is 32.1. The van der Waals surface area contributed by atoms with Crippen molar-refractivity contribution in [1.82, 2.24) is 0 Å². The van der Waals surface area contributed by atoms with Crippen molar-refractivity contribution in [2.75, 3.05) is 0 Å². The van der Waals surface area contributed by atoms with Crippen LogP contribution in [0.25, 0.3) is 0 Å². The van der Waals surface area contributed by atoms with Gasteiger partial charge in [-0.1, -0.05) is 245 Å². The predicted molar refractivity (Wildman–Crippen MR) is 204 cm³/mol. The van der Waals surface area contributed by atoms with E-state index in [2.05, 4.69) is 13.8 Å². The Kier molecular flexibility index (Phi) is 35.4. The van der Waals surface area contributed by atoms with Gasteiger partial charge in [-0.25, -0.2) is 0 Å². The van der Waals surface area contributed by atoms with E-state index in [0.29, 0.717) is 12.8 Å². The molecule has 0 aromatic rings. The summed E-state index contributed by atoms with van der Waals surface area (Å²) in [5.41, 5.74) is -1.59. The van der Waals surface area contributed by atoms with Crippen molar-refractivity contribution in [1.29, 1.82) is 0 Å². The maximum atomic E-state index is 12.1. The number of hydrogen-bond donors (Lipinski definition) is 2. The Labute approximate surface area is 294 Å². The van der Waals surface area contributed by atoms with Gasteiger partial charge in [0.15, 0.2) is 5.41 Å². The standard InChI is InChI=1S/C43H84O4/c1-3-5-7-9-11-13-15-17-19-21-23-25-27-29-31-33-35-37-39-43(41(44)45,42(46)47)40-38-36-34-32-30-28-26-24-22-20-18-16-14-12-10-8-6-4-2/h3-40H2,1-2H3,(H,44,45)(H,46,47). The van der Waals surface area contributed by atoms with Gasteiger partial charge >= 0.3 is 11.9 Å². The van der Waals surface area contributed by atoms with E-state index in [1.807, 2.05) is 0 Å². The lowest BCUT2D eigenvalue weighted by Gasteiger charge is -2.25. The second-order valence-corrected chi connectivity index (χ2v) is 15.2. The summed E-state index contributed by atoms with van der Waals surface area (Å²) in [5.74, 6) is -2.27. The summed E-state index contributed by atoms with van der Waals surface area (Å²) in [7, 11) is 0. The minimum Gasteiger partial charge on any atom is -0.480 e. The first kappa shape index (κ1) is 45.9. The van der Waals surface area contributed by atoms with Gasteiger partial charge in [0.05, 0.1) is 0 Å². The first-order valence-corrected chi connectivity index (χ1v) is 21.5. The van der Waals surface area contributed by atoms with Crippen molar-refractivity contribution in [3.05, 3.63) is 0 Å². The number of unbranched alkanes of at least 4 members (excludes halogenated alkanes) is 34. The third-order valence-corrected chi connectivity index (χ3v) is 10.7. The molecule has 0 unspecified atom stereocenters. The van der Waals surface area contributed by atoms with E-state index in [1.54, 1.807) is 0 Å². The van der Waals surface area contributed by atoms with Gasteiger partial charge in [0.25, 0.3) is 0 Å². The van der Waals surface area contributed by atoms with E-state index in [4.69, 9.17) is 0 Å². The van der Waals surface area contributed by atoms with Crippen LogP contribution in [0.4, 0.5) is 0 Å². The fourth-order valence-electron chi connectivity index (χ4n) is 7.30. The van der Waals surface area contributed by atoms with Crippen LogP contribution in [0.3, 0.4) is 0 Å². The molecule has 47 heavy (non-hydrogen) atoms. The average molecular weight is 665 g/mol. The smallest absolute Gasteiger partial charge is 0.321 e. The molecule has 0 amide bonds. The molecule has 2 N–H and O–H groups in total. The maximum Gasteiger partial charge on any atom is 0.321 e. The lowest BCUT2D eigenvalue weighted by molar-refractivity contribution is -0.166. The number of carbonyl (C=O) groups is 2. The van der Waals surface area contributed by atoms with Crippen LogP contribution in [0.15, 0.2) is 0 Å². The fourth-order valence-corrected chi connectivity index (χ4v) is 7.30. The van der Waals surface area contributed by atoms with Crippen LogP contribution in [0, 0.1) is 5.41 Å². The first-order valence-electron chi connectivity index (χ1n) is 21.5. The van der Waals surface area contributed by atoms with Crippen LogP contribution in [0.2, 0.25) is 0 Å². The number of rotatable bonds is 40. The van der Waals surface area contributed by atoms with Crippen LogP contribution in [-0.4, -0.2) is 22.2 Å². The summed E-state index contributed by atoms with van der Waals surface area (Å²) in [6.45, 7) is 4.56. The van der Waals surface area contributed by atoms with Gasteiger partial charge in [0, 0.05) is 0 Å². The molecule has 0 aromatic carbocycles. The quantitative estimate of drug-likeness (QED) is 0.0505. The summed E-state index contributed by atoms with van der Waals surface area (Å²) >= 11 is 0. The van der Waals surface area contributed by atoms with E-state index in [0.717, 1.165) is 25.7 Å². The van der Waals surface area contributed by atoms with E-state index < -0.39 is 17.4 Å². The Balaban J connectivity index is 3.71. The molecule has 0 radical (unpaired) electrons. The van der Waals surface area contributed by atoms with Gasteiger partial charge in [0.2, 0.25) is 0 Å². The highest BCUT2D eigenvalue weighted by Gasteiger charge is 2.45. The Morgan fingerprint density at radius 2 is 0.447 bits per heavy atom. The first-order chi connectivity index (χ1) is 23.0. The van der Waals surface area contributed by atoms with E-state index >= 15 is 0 Å². The zero-order valence-corrected chi connectivity index (χ0v) is 32.1. The molecule has 0 heterocycles. The maximum absolute atomic E-state index is 12.1. The minimum absolute atomic E-state index is 0.273. The molecule has 0 aliphatic heterocycles. The molecule has 0 rings (SSSR count). The number of carboxylic acid groups (broad SMARTS) is 2. The molecular formula is C43H84O4. The average Bonchev–Trinajstić information content (AvgIpc) is 3.06. The Morgan fingerprint density at radius 1 is 0.298 bits per heavy atom. The highest BCUT2D eigenvalue weighted by Crippen LogP contribution is 2.33. The van der Waals surface area contributed by atoms with Crippen molar-refractivity contribution >= 4 is 11.9 Å². The van der Waals surface area contributed by atoms with Crippen molar-refractivity contribution in [3.8, 4) is 0 Å². The Hall–Kier alpha value is -1.06. The summed E-state index contributed by atoms with van der Waals surface area (Å²) in [6, 6.07) is 0. The molecule has 4 nitrogen and oxygen atoms in total. The van der Waals surface area contributed by atoms with E-state index in [1.165, 1.54) is 193 Å². The predicted octanol–water partition coefficient (Wildman–Crippen LogP) is 15.0. The summed E-state index contributed by atoms with van der Waals surface area (Å²) in [5, 5.41) is 19.8. The normalized spacial score (nSPS) is 11.8. The van der Waals surface area contributed by atoms with Crippen molar-refractivity contribution in [2.45, 2.75) is 258 Å². The highest BCUT2D eigenvalue weighted by atomic mass is 16.4. The molecule has 0 aliphatic rings. The number of aliphatic carboxylic acids is 2. The Morgan fingerprint density at radius 3 is 0.596 bits per heavy atom. The second-order valence-electron chi connectivity index (χ2n) is 15.2. The number of hydrogen-bond acceptors (Lipinski definition) is 2. The van der Waals surface area contributed by atoms with Crippen LogP contribution >= 0.6 is 0 Å². The topological polar surface area (TPSA) is 74.6 Å². The summed E-state index contributed by atoms with van der Waals surface area (Å²) < 4.78 is 0. The molecule has 0 atom stereocenters. The van der Waals surface area contributed by atoms with E-state index in [-0.39, 0.29) is 12.8 Å². The van der Waals surface area contributed by atoms with Gasteiger partial charge in [-0.3, -0.25) is 9.59 Å². The summed E-state index contributed by atoms with van der Waals surface area (Å²) in [6.07, 6.45) is 46.9. The van der Waals surface area contributed by atoms with Crippen LogP contribution in [0.5, 0.6) is 0 Å². The van der Waals surface area contributed by atoms with Gasteiger partial charge in [-0.2, -0.15) is 0 Å². The molecule has 280 valence electrons. The lowest BCUT2D eigenvalue weighted by Crippen LogP contribution is -2.39. The minimum atomic E-state index is -1.59. The fraction of sp³-hybridized carbons (Fsp3) is 0.953. The molecule has 0 aromatic heterocycles. The molecule has 0 aliphatic carbocycles. The lowest BCUT2D eigenvalue weighted by atomic mass is 9.78. The second kappa shape index (κ2) is 36.2.